The molecule has 0 aliphatic carbocycles. The molecule has 3 aromatic rings. The molecule has 27 heavy (non-hydrogen) atoms. The summed E-state index contributed by atoms with van der Waals surface area (Å²) in [5, 5.41) is 3.98. The monoisotopic (exact) mass is 406 g/mol. The molecule has 0 atom stereocenters. The second-order valence-electron chi connectivity index (χ2n) is 6.18. The van der Waals surface area contributed by atoms with Gasteiger partial charge in [0.2, 0.25) is 0 Å². The van der Waals surface area contributed by atoms with Crippen molar-refractivity contribution in [2.45, 2.75) is 39.5 Å². The number of ether oxygens (including phenoxy) is 1. The van der Waals surface area contributed by atoms with Crippen molar-refractivity contribution in [3.05, 3.63) is 45.3 Å². The lowest BCUT2D eigenvalue weighted by molar-refractivity contribution is 0.342. The number of aromatic nitrogens is 1. The van der Waals surface area contributed by atoms with Gasteiger partial charge in [-0.15, -0.1) is 11.3 Å². The highest BCUT2D eigenvalue weighted by molar-refractivity contribution is 7.93. The zero-order chi connectivity index (χ0) is 19.8. The van der Waals surface area contributed by atoms with Gasteiger partial charge in [0.05, 0.1) is 23.6 Å². The number of nitrogens with zero attached hydrogens (tertiary/aromatic N) is 1. The number of hydrogen-bond acceptors (Lipinski definition) is 6. The van der Waals surface area contributed by atoms with Gasteiger partial charge in [-0.2, -0.15) is 0 Å². The van der Waals surface area contributed by atoms with E-state index in [9.17, 15) is 8.42 Å². The van der Waals surface area contributed by atoms with Crippen LogP contribution in [0, 0.1) is 27.7 Å². The first kappa shape index (κ1) is 19.4. The summed E-state index contributed by atoms with van der Waals surface area (Å²) in [7, 11) is -3.86. The Labute approximate surface area is 163 Å². The van der Waals surface area contributed by atoms with Crippen molar-refractivity contribution in [3.63, 3.8) is 0 Å². The van der Waals surface area contributed by atoms with Crippen molar-refractivity contribution < 1.29 is 17.7 Å². The molecule has 0 aliphatic heterocycles. The normalized spacial score (nSPS) is 11.6. The third-order valence-electron chi connectivity index (χ3n) is 4.29. The van der Waals surface area contributed by atoms with E-state index in [2.05, 4.69) is 9.88 Å². The van der Waals surface area contributed by atoms with E-state index in [0.717, 1.165) is 16.1 Å². The summed E-state index contributed by atoms with van der Waals surface area (Å²) in [5.41, 5.74) is 2.55. The minimum Gasteiger partial charge on any atom is -0.492 e. The molecule has 0 amide bonds. The SMILES string of the molecule is CCOc1ccccc1NS(=O)(=O)c1c(C)sc(C)c1-c1onc(C)c1C. The number of thiophene rings is 1. The first-order chi connectivity index (χ1) is 12.8. The van der Waals surface area contributed by atoms with Gasteiger partial charge >= 0.3 is 0 Å². The molecule has 0 spiro atoms. The second kappa shape index (κ2) is 7.36. The van der Waals surface area contributed by atoms with Gasteiger partial charge in [-0.05, 0) is 46.8 Å². The summed E-state index contributed by atoms with van der Waals surface area (Å²) in [6.07, 6.45) is 0. The van der Waals surface area contributed by atoms with Gasteiger partial charge in [0.1, 0.15) is 10.6 Å². The Kier molecular flexibility index (Phi) is 5.30. The van der Waals surface area contributed by atoms with Gasteiger partial charge in [-0.1, -0.05) is 17.3 Å². The van der Waals surface area contributed by atoms with E-state index in [0.29, 0.717) is 34.2 Å². The first-order valence-corrected chi connectivity index (χ1v) is 10.8. The molecule has 0 saturated heterocycles. The van der Waals surface area contributed by atoms with Crippen molar-refractivity contribution in [1.82, 2.24) is 5.16 Å². The number of rotatable bonds is 6. The van der Waals surface area contributed by atoms with Gasteiger partial charge in [-0.3, -0.25) is 4.72 Å². The molecule has 2 aromatic heterocycles. The fourth-order valence-corrected chi connectivity index (χ4v) is 5.85. The number of para-hydroxylation sites is 2. The number of benzene rings is 1. The van der Waals surface area contributed by atoms with Crippen molar-refractivity contribution >= 4 is 27.0 Å². The standard InChI is InChI=1S/C19H22N2O4S2/c1-6-24-16-10-8-7-9-15(16)21-27(22,23)19-14(5)26-13(4)17(19)18-11(2)12(3)20-25-18/h7-10,21H,6H2,1-5H3. The summed E-state index contributed by atoms with van der Waals surface area (Å²) < 4.78 is 40.2. The molecule has 6 nitrogen and oxygen atoms in total. The van der Waals surface area contributed by atoms with Crippen LogP contribution < -0.4 is 9.46 Å². The molecule has 1 N–H and O–H groups in total. The Balaban J connectivity index is 2.13. The molecule has 1 aromatic carbocycles. The van der Waals surface area contributed by atoms with Crippen LogP contribution in [-0.2, 0) is 10.0 Å². The molecule has 0 radical (unpaired) electrons. The van der Waals surface area contributed by atoms with Crippen molar-refractivity contribution in [2.75, 3.05) is 11.3 Å². The molecule has 3 rings (SSSR count). The maximum atomic E-state index is 13.3. The smallest absolute Gasteiger partial charge is 0.263 e. The number of sulfonamides is 1. The van der Waals surface area contributed by atoms with E-state index >= 15 is 0 Å². The first-order valence-electron chi connectivity index (χ1n) is 8.54. The fourth-order valence-electron chi connectivity index (χ4n) is 2.93. The van der Waals surface area contributed by atoms with Crippen molar-refractivity contribution in [2.24, 2.45) is 0 Å². The minimum atomic E-state index is -3.86. The lowest BCUT2D eigenvalue weighted by Crippen LogP contribution is -2.15. The summed E-state index contributed by atoms with van der Waals surface area (Å²) >= 11 is 1.42. The highest BCUT2D eigenvalue weighted by Crippen LogP contribution is 2.41. The van der Waals surface area contributed by atoms with Crippen LogP contribution in [0.5, 0.6) is 5.75 Å². The van der Waals surface area contributed by atoms with E-state index < -0.39 is 10.0 Å². The highest BCUT2D eigenvalue weighted by Gasteiger charge is 2.30. The Morgan fingerprint density at radius 1 is 1.15 bits per heavy atom. The minimum absolute atomic E-state index is 0.218. The summed E-state index contributed by atoms with van der Waals surface area (Å²) in [5.74, 6) is 0.981. The summed E-state index contributed by atoms with van der Waals surface area (Å²) in [6, 6.07) is 6.98. The van der Waals surface area contributed by atoms with Gasteiger partial charge in [-0.25, -0.2) is 8.42 Å². The molecule has 8 heteroatoms. The Bertz CT molecular complexity index is 1080. The maximum absolute atomic E-state index is 13.3. The van der Waals surface area contributed by atoms with Crippen molar-refractivity contribution in [1.29, 1.82) is 0 Å². The van der Waals surface area contributed by atoms with Crippen LogP contribution in [0.15, 0.2) is 33.7 Å². The molecule has 2 heterocycles. The lowest BCUT2D eigenvalue weighted by atomic mass is 10.1. The predicted molar refractivity (Wildman–Crippen MR) is 107 cm³/mol. The van der Waals surface area contributed by atoms with E-state index in [4.69, 9.17) is 9.26 Å². The van der Waals surface area contributed by atoms with E-state index in [1.807, 2.05) is 27.7 Å². The molecular weight excluding hydrogens is 384 g/mol. The van der Waals surface area contributed by atoms with Gasteiger partial charge < -0.3 is 9.26 Å². The van der Waals surface area contributed by atoms with Crippen LogP contribution in [0.2, 0.25) is 0 Å². The fraction of sp³-hybridized carbons (Fsp3) is 0.316. The molecule has 0 fully saturated rings. The Morgan fingerprint density at radius 2 is 1.85 bits per heavy atom. The maximum Gasteiger partial charge on any atom is 0.263 e. The molecular formula is C19H22N2O4S2. The van der Waals surface area contributed by atoms with E-state index in [-0.39, 0.29) is 4.90 Å². The number of hydrogen-bond donors (Lipinski definition) is 1. The largest absolute Gasteiger partial charge is 0.492 e. The van der Waals surface area contributed by atoms with Crippen LogP contribution in [-0.4, -0.2) is 20.2 Å². The lowest BCUT2D eigenvalue weighted by Gasteiger charge is -2.13. The van der Waals surface area contributed by atoms with E-state index in [1.54, 1.807) is 31.2 Å². The average molecular weight is 407 g/mol. The molecule has 144 valence electrons. The highest BCUT2D eigenvalue weighted by atomic mass is 32.2. The van der Waals surface area contributed by atoms with Crippen molar-refractivity contribution in [3.8, 4) is 17.1 Å². The summed E-state index contributed by atoms with van der Waals surface area (Å²) in [4.78, 5) is 1.78. The third kappa shape index (κ3) is 3.59. The van der Waals surface area contributed by atoms with Crippen LogP contribution >= 0.6 is 11.3 Å². The van der Waals surface area contributed by atoms with Crippen LogP contribution in [0.1, 0.15) is 27.9 Å². The number of nitrogens with one attached hydrogen (secondary N) is 1. The summed E-state index contributed by atoms with van der Waals surface area (Å²) in [6.45, 7) is 9.69. The predicted octanol–water partition coefficient (Wildman–Crippen LogP) is 4.84. The van der Waals surface area contributed by atoms with Crippen LogP contribution in [0.4, 0.5) is 5.69 Å². The Hall–Kier alpha value is -2.32. The zero-order valence-electron chi connectivity index (χ0n) is 15.9. The van der Waals surface area contributed by atoms with Gasteiger partial charge in [0.25, 0.3) is 10.0 Å². The zero-order valence-corrected chi connectivity index (χ0v) is 17.5. The van der Waals surface area contributed by atoms with Gasteiger partial charge in [0, 0.05) is 15.3 Å². The second-order valence-corrected chi connectivity index (χ2v) is 9.22. The molecule has 0 bridgehead atoms. The number of anilines is 1. The van der Waals surface area contributed by atoms with Gasteiger partial charge in [0.15, 0.2) is 5.76 Å². The molecule has 0 unspecified atom stereocenters. The molecule has 0 saturated carbocycles. The topological polar surface area (TPSA) is 81.4 Å². The number of aryl methyl sites for hydroxylation is 3. The Morgan fingerprint density at radius 3 is 2.48 bits per heavy atom. The van der Waals surface area contributed by atoms with E-state index in [1.165, 1.54) is 11.3 Å². The third-order valence-corrected chi connectivity index (χ3v) is 6.98. The van der Waals surface area contributed by atoms with Crippen LogP contribution in [0.3, 0.4) is 0 Å². The average Bonchev–Trinajstić information content (AvgIpc) is 3.08. The molecule has 0 aliphatic rings. The quantitative estimate of drug-likeness (QED) is 0.634. The van der Waals surface area contributed by atoms with Crippen LogP contribution in [0.25, 0.3) is 11.3 Å².